The number of allylic oxidation sites excluding steroid dienone is 1. The van der Waals surface area contributed by atoms with Crippen molar-refractivity contribution in [2.45, 2.75) is 38.8 Å². The molecule has 1 heterocycles. The number of carbonyl (C=O) groups is 1. The number of benzene rings is 2. The van der Waals surface area contributed by atoms with Gasteiger partial charge in [-0.1, -0.05) is 60.7 Å². The number of carbonyl (C=O) groups excluding carboxylic acids is 1. The fourth-order valence-corrected chi connectivity index (χ4v) is 3.44. The van der Waals surface area contributed by atoms with Gasteiger partial charge in [0.1, 0.15) is 6.10 Å². The topological polar surface area (TPSA) is 40.5 Å². The van der Waals surface area contributed by atoms with Gasteiger partial charge >= 0.3 is 0 Å². The van der Waals surface area contributed by atoms with Crippen molar-refractivity contribution in [1.29, 1.82) is 0 Å². The molecular formula is C21H23NO2. The average Bonchev–Trinajstić information content (AvgIpc) is 2.63. The highest BCUT2D eigenvalue weighted by Crippen LogP contribution is 2.37. The standard InChI is InChI=1S/C21H23NO2/c1-15(17-9-5-3-6-10-17)22-16(2)19(13-14-20(22)23)21(24)18-11-7-4-8-12-18/h3-12,15,21,24H,13-14H2,1-2H3/t15-,21?/m1/s1. The third-order valence-corrected chi connectivity index (χ3v) is 4.82. The van der Waals surface area contributed by atoms with Crippen LogP contribution in [-0.4, -0.2) is 15.9 Å². The van der Waals surface area contributed by atoms with E-state index in [0.29, 0.717) is 12.8 Å². The van der Waals surface area contributed by atoms with Crippen LogP contribution in [-0.2, 0) is 4.79 Å². The van der Waals surface area contributed by atoms with E-state index in [9.17, 15) is 9.90 Å². The minimum absolute atomic E-state index is 0.0445. The van der Waals surface area contributed by atoms with Gasteiger partial charge in [-0.15, -0.1) is 0 Å². The van der Waals surface area contributed by atoms with Crippen LogP contribution < -0.4 is 0 Å². The number of nitrogens with zero attached hydrogens (tertiary/aromatic N) is 1. The SMILES string of the molecule is CC1=C(C(O)c2ccccc2)CCC(=O)N1[C@H](C)c1ccccc1. The van der Waals surface area contributed by atoms with E-state index in [4.69, 9.17) is 0 Å². The molecule has 0 aromatic heterocycles. The van der Waals surface area contributed by atoms with Crippen LogP contribution in [0.25, 0.3) is 0 Å². The molecule has 3 nitrogen and oxygen atoms in total. The van der Waals surface area contributed by atoms with Crippen molar-refractivity contribution in [3.8, 4) is 0 Å². The van der Waals surface area contributed by atoms with Crippen LogP contribution in [0, 0.1) is 0 Å². The molecule has 1 aliphatic rings. The molecule has 0 saturated carbocycles. The third kappa shape index (κ3) is 3.13. The molecule has 0 aliphatic carbocycles. The van der Waals surface area contributed by atoms with Crippen molar-refractivity contribution < 1.29 is 9.90 Å². The fourth-order valence-electron chi connectivity index (χ4n) is 3.44. The molecule has 24 heavy (non-hydrogen) atoms. The number of rotatable bonds is 4. The summed E-state index contributed by atoms with van der Waals surface area (Å²) in [5, 5.41) is 10.8. The van der Waals surface area contributed by atoms with Crippen LogP contribution >= 0.6 is 0 Å². The monoisotopic (exact) mass is 321 g/mol. The Morgan fingerprint density at radius 2 is 1.46 bits per heavy atom. The molecule has 1 aliphatic heterocycles. The first-order valence-electron chi connectivity index (χ1n) is 8.39. The lowest BCUT2D eigenvalue weighted by molar-refractivity contribution is -0.132. The number of aliphatic hydroxyl groups is 1. The lowest BCUT2D eigenvalue weighted by atomic mass is 9.91. The molecule has 0 bridgehead atoms. The normalized spacial score (nSPS) is 17.8. The maximum absolute atomic E-state index is 12.5. The van der Waals surface area contributed by atoms with Gasteiger partial charge in [-0.25, -0.2) is 0 Å². The van der Waals surface area contributed by atoms with E-state index in [0.717, 1.165) is 22.4 Å². The zero-order chi connectivity index (χ0) is 17.1. The largest absolute Gasteiger partial charge is 0.384 e. The molecule has 1 N–H and O–H groups in total. The first-order chi connectivity index (χ1) is 11.6. The Labute approximate surface area is 143 Å². The lowest BCUT2D eigenvalue weighted by Gasteiger charge is -2.36. The molecule has 1 unspecified atom stereocenters. The maximum Gasteiger partial charge on any atom is 0.227 e. The van der Waals surface area contributed by atoms with Crippen molar-refractivity contribution in [3.63, 3.8) is 0 Å². The van der Waals surface area contributed by atoms with Crippen LogP contribution in [0.4, 0.5) is 0 Å². The Morgan fingerprint density at radius 3 is 2.04 bits per heavy atom. The van der Waals surface area contributed by atoms with E-state index >= 15 is 0 Å². The number of hydrogen-bond acceptors (Lipinski definition) is 2. The molecule has 2 aromatic rings. The Bertz CT molecular complexity index is 737. The molecule has 0 fully saturated rings. The summed E-state index contributed by atoms with van der Waals surface area (Å²) in [5.74, 6) is 0.118. The highest BCUT2D eigenvalue weighted by molar-refractivity contribution is 5.80. The minimum Gasteiger partial charge on any atom is -0.384 e. The van der Waals surface area contributed by atoms with Gasteiger partial charge in [0.05, 0.1) is 6.04 Å². The molecule has 3 heteroatoms. The summed E-state index contributed by atoms with van der Waals surface area (Å²) in [5.41, 5.74) is 3.77. The average molecular weight is 321 g/mol. The van der Waals surface area contributed by atoms with Gasteiger partial charge in [-0.3, -0.25) is 4.79 Å². The molecule has 124 valence electrons. The van der Waals surface area contributed by atoms with E-state index in [-0.39, 0.29) is 11.9 Å². The lowest BCUT2D eigenvalue weighted by Crippen LogP contribution is -2.36. The molecular weight excluding hydrogens is 298 g/mol. The zero-order valence-corrected chi connectivity index (χ0v) is 14.1. The second kappa shape index (κ2) is 7.02. The van der Waals surface area contributed by atoms with E-state index in [1.54, 1.807) is 0 Å². The van der Waals surface area contributed by atoms with Crippen LogP contribution in [0.15, 0.2) is 71.9 Å². The summed E-state index contributed by atoms with van der Waals surface area (Å²) in [6, 6.07) is 19.6. The molecule has 0 spiro atoms. The van der Waals surface area contributed by atoms with Crippen molar-refractivity contribution in [1.82, 2.24) is 4.90 Å². The maximum atomic E-state index is 12.5. The summed E-state index contributed by atoms with van der Waals surface area (Å²) in [7, 11) is 0. The Balaban J connectivity index is 1.95. The molecule has 2 aromatic carbocycles. The van der Waals surface area contributed by atoms with E-state index in [1.165, 1.54) is 0 Å². The first kappa shape index (κ1) is 16.5. The number of aliphatic hydroxyl groups excluding tert-OH is 1. The number of amides is 1. The highest BCUT2D eigenvalue weighted by Gasteiger charge is 2.31. The van der Waals surface area contributed by atoms with Gasteiger partial charge in [0.15, 0.2) is 0 Å². The van der Waals surface area contributed by atoms with Crippen LogP contribution in [0.3, 0.4) is 0 Å². The van der Waals surface area contributed by atoms with Crippen LogP contribution in [0.1, 0.15) is 50.0 Å². The van der Waals surface area contributed by atoms with Crippen molar-refractivity contribution in [2.24, 2.45) is 0 Å². The van der Waals surface area contributed by atoms with E-state index in [1.807, 2.05) is 79.4 Å². The Morgan fingerprint density at radius 1 is 0.917 bits per heavy atom. The number of hydrogen-bond donors (Lipinski definition) is 1. The molecule has 0 radical (unpaired) electrons. The second-order valence-electron chi connectivity index (χ2n) is 6.27. The van der Waals surface area contributed by atoms with E-state index in [2.05, 4.69) is 0 Å². The molecule has 0 saturated heterocycles. The first-order valence-corrected chi connectivity index (χ1v) is 8.39. The van der Waals surface area contributed by atoms with Crippen molar-refractivity contribution >= 4 is 5.91 Å². The van der Waals surface area contributed by atoms with Gasteiger partial charge in [0, 0.05) is 12.1 Å². The predicted octanol–water partition coefficient (Wildman–Crippen LogP) is 4.38. The van der Waals surface area contributed by atoms with Gasteiger partial charge in [-0.2, -0.15) is 0 Å². The van der Waals surface area contributed by atoms with E-state index < -0.39 is 6.10 Å². The summed E-state index contributed by atoms with van der Waals surface area (Å²) < 4.78 is 0. The Hall–Kier alpha value is -2.39. The smallest absolute Gasteiger partial charge is 0.227 e. The van der Waals surface area contributed by atoms with Gasteiger partial charge in [0.25, 0.3) is 0 Å². The third-order valence-electron chi connectivity index (χ3n) is 4.82. The highest BCUT2D eigenvalue weighted by atomic mass is 16.3. The van der Waals surface area contributed by atoms with Crippen molar-refractivity contribution in [2.75, 3.05) is 0 Å². The summed E-state index contributed by atoms with van der Waals surface area (Å²) >= 11 is 0. The molecule has 3 rings (SSSR count). The summed E-state index contributed by atoms with van der Waals surface area (Å²) in [6.45, 7) is 3.98. The van der Waals surface area contributed by atoms with Gasteiger partial charge < -0.3 is 10.0 Å². The van der Waals surface area contributed by atoms with Crippen molar-refractivity contribution in [3.05, 3.63) is 83.1 Å². The van der Waals surface area contributed by atoms with Crippen LogP contribution in [0.5, 0.6) is 0 Å². The predicted molar refractivity (Wildman–Crippen MR) is 95.0 cm³/mol. The van der Waals surface area contributed by atoms with Gasteiger partial charge in [0.2, 0.25) is 5.91 Å². The fraction of sp³-hybridized carbons (Fsp3) is 0.286. The molecule has 1 amide bonds. The Kier molecular flexibility index (Phi) is 4.81. The van der Waals surface area contributed by atoms with Gasteiger partial charge in [-0.05, 0) is 37.0 Å². The summed E-state index contributed by atoms with van der Waals surface area (Å²) in [6.07, 6.45) is 0.386. The summed E-state index contributed by atoms with van der Waals surface area (Å²) in [4.78, 5) is 14.4. The second-order valence-corrected chi connectivity index (χ2v) is 6.27. The quantitative estimate of drug-likeness (QED) is 0.908. The van der Waals surface area contributed by atoms with Crippen LogP contribution in [0.2, 0.25) is 0 Å². The molecule has 2 atom stereocenters. The zero-order valence-electron chi connectivity index (χ0n) is 14.1. The minimum atomic E-state index is -0.662.